The number of rotatable bonds is 4. The maximum Gasteiger partial charge on any atom is 0.255 e. The molecule has 2 atom stereocenters. The predicted molar refractivity (Wildman–Crippen MR) is 72.3 cm³/mol. The summed E-state index contributed by atoms with van der Waals surface area (Å²) in [6.07, 6.45) is 3.24. The molecule has 0 spiro atoms. The van der Waals surface area contributed by atoms with Gasteiger partial charge in [-0.1, -0.05) is 18.6 Å². The highest BCUT2D eigenvalue weighted by Gasteiger charge is 2.28. The highest BCUT2D eigenvalue weighted by atomic mass is 35.5. The van der Waals surface area contributed by atoms with Gasteiger partial charge in [0.1, 0.15) is 5.75 Å². The minimum Gasteiger partial charge on any atom is -0.496 e. The van der Waals surface area contributed by atoms with E-state index in [9.17, 15) is 4.79 Å². The number of benzene rings is 1. The molecule has 0 aromatic heterocycles. The second-order valence-electron chi connectivity index (χ2n) is 4.63. The van der Waals surface area contributed by atoms with Gasteiger partial charge in [0.25, 0.3) is 5.91 Å². The van der Waals surface area contributed by atoms with Gasteiger partial charge in [-0.05, 0) is 30.9 Å². The molecule has 0 aliphatic heterocycles. The first-order valence-corrected chi connectivity index (χ1v) is 6.79. The SMILES string of the molecule is COc1ccccc1C(=O)NC1CCCC1CCl. The molecule has 2 unspecified atom stereocenters. The lowest BCUT2D eigenvalue weighted by Gasteiger charge is -2.19. The van der Waals surface area contributed by atoms with Gasteiger partial charge in [0.05, 0.1) is 12.7 Å². The first kappa shape index (κ1) is 13.2. The fourth-order valence-electron chi connectivity index (χ4n) is 2.49. The van der Waals surface area contributed by atoms with Crippen LogP contribution in [-0.2, 0) is 0 Å². The van der Waals surface area contributed by atoms with Crippen molar-refractivity contribution in [1.82, 2.24) is 5.32 Å². The van der Waals surface area contributed by atoms with Gasteiger partial charge in [0.15, 0.2) is 0 Å². The van der Waals surface area contributed by atoms with Gasteiger partial charge in [0.2, 0.25) is 0 Å². The second kappa shape index (κ2) is 6.10. The Morgan fingerprint density at radius 2 is 2.22 bits per heavy atom. The van der Waals surface area contributed by atoms with E-state index in [0.29, 0.717) is 23.1 Å². The van der Waals surface area contributed by atoms with E-state index in [1.54, 1.807) is 19.2 Å². The van der Waals surface area contributed by atoms with Gasteiger partial charge < -0.3 is 10.1 Å². The van der Waals surface area contributed by atoms with Crippen LogP contribution in [0.5, 0.6) is 5.75 Å². The number of ether oxygens (including phenoxy) is 1. The highest BCUT2D eigenvalue weighted by Crippen LogP contribution is 2.27. The van der Waals surface area contributed by atoms with Gasteiger partial charge in [-0.2, -0.15) is 0 Å². The number of nitrogens with one attached hydrogen (secondary N) is 1. The van der Waals surface area contributed by atoms with Crippen LogP contribution in [0.2, 0.25) is 0 Å². The predicted octanol–water partition coefficient (Wildman–Crippen LogP) is 2.83. The summed E-state index contributed by atoms with van der Waals surface area (Å²) >= 11 is 5.91. The molecule has 2 rings (SSSR count). The maximum absolute atomic E-state index is 12.2. The van der Waals surface area contributed by atoms with Crippen molar-refractivity contribution in [3.05, 3.63) is 29.8 Å². The average molecular weight is 268 g/mol. The molecular formula is C14H18ClNO2. The molecule has 1 N–H and O–H groups in total. The third kappa shape index (κ3) is 2.78. The molecule has 18 heavy (non-hydrogen) atoms. The minimum atomic E-state index is -0.0746. The Labute approximate surface area is 112 Å². The minimum absolute atomic E-state index is 0.0746. The number of amides is 1. The molecule has 1 amide bonds. The standard InChI is InChI=1S/C14H18ClNO2/c1-18-13-8-3-2-6-11(13)14(17)16-12-7-4-5-10(12)9-15/h2-3,6,8,10,12H,4-5,7,9H2,1H3,(H,16,17). The molecule has 1 saturated carbocycles. The molecular weight excluding hydrogens is 250 g/mol. The largest absolute Gasteiger partial charge is 0.496 e. The van der Waals surface area contributed by atoms with Crippen LogP contribution in [0.25, 0.3) is 0 Å². The monoisotopic (exact) mass is 267 g/mol. The summed E-state index contributed by atoms with van der Waals surface area (Å²) in [6, 6.07) is 7.46. The van der Waals surface area contributed by atoms with Crippen LogP contribution < -0.4 is 10.1 Å². The summed E-state index contributed by atoms with van der Waals surface area (Å²) in [5.74, 6) is 1.53. The van der Waals surface area contributed by atoms with Crippen LogP contribution in [0, 0.1) is 5.92 Å². The van der Waals surface area contributed by atoms with Crippen molar-refractivity contribution in [2.75, 3.05) is 13.0 Å². The fraction of sp³-hybridized carbons (Fsp3) is 0.500. The lowest BCUT2D eigenvalue weighted by molar-refractivity contribution is 0.0927. The summed E-state index contributed by atoms with van der Waals surface area (Å²) in [6.45, 7) is 0. The van der Waals surface area contributed by atoms with Crippen LogP contribution >= 0.6 is 11.6 Å². The number of para-hydroxylation sites is 1. The molecule has 98 valence electrons. The van der Waals surface area contributed by atoms with E-state index < -0.39 is 0 Å². The van der Waals surface area contributed by atoms with Crippen LogP contribution in [0.4, 0.5) is 0 Å². The summed E-state index contributed by atoms with van der Waals surface area (Å²) in [5, 5.41) is 3.07. The Balaban J connectivity index is 2.07. The van der Waals surface area contributed by atoms with Crippen molar-refractivity contribution in [3.8, 4) is 5.75 Å². The summed E-state index contributed by atoms with van der Waals surface area (Å²) in [5.41, 5.74) is 0.584. The van der Waals surface area contributed by atoms with E-state index in [2.05, 4.69) is 5.32 Å². The highest BCUT2D eigenvalue weighted by molar-refractivity contribution is 6.18. The van der Waals surface area contributed by atoms with Crippen molar-refractivity contribution in [2.24, 2.45) is 5.92 Å². The number of carbonyl (C=O) groups is 1. The van der Waals surface area contributed by atoms with E-state index >= 15 is 0 Å². The Hall–Kier alpha value is -1.22. The smallest absolute Gasteiger partial charge is 0.255 e. The summed E-state index contributed by atoms with van der Waals surface area (Å²) < 4.78 is 5.20. The molecule has 0 saturated heterocycles. The van der Waals surface area contributed by atoms with Gasteiger partial charge in [0, 0.05) is 11.9 Å². The van der Waals surface area contributed by atoms with Crippen molar-refractivity contribution in [2.45, 2.75) is 25.3 Å². The molecule has 3 nitrogen and oxygen atoms in total. The molecule has 4 heteroatoms. The van der Waals surface area contributed by atoms with E-state index in [4.69, 9.17) is 16.3 Å². The molecule has 1 aromatic rings. The van der Waals surface area contributed by atoms with Crippen molar-refractivity contribution in [1.29, 1.82) is 0 Å². The molecule has 1 aliphatic rings. The molecule has 1 aromatic carbocycles. The number of carbonyl (C=O) groups excluding carboxylic acids is 1. The van der Waals surface area contributed by atoms with Gasteiger partial charge in [-0.15, -0.1) is 11.6 Å². The summed E-state index contributed by atoms with van der Waals surface area (Å²) in [4.78, 5) is 12.2. The third-order valence-electron chi connectivity index (χ3n) is 3.53. The van der Waals surface area contributed by atoms with E-state index in [0.717, 1.165) is 19.3 Å². The van der Waals surface area contributed by atoms with Gasteiger partial charge in [-0.25, -0.2) is 0 Å². The Bertz CT molecular complexity index is 422. The average Bonchev–Trinajstić information content (AvgIpc) is 2.85. The number of hydrogen-bond donors (Lipinski definition) is 1. The fourth-order valence-corrected chi connectivity index (χ4v) is 2.86. The van der Waals surface area contributed by atoms with E-state index in [-0.39, 0.29) is 11.9 Å². The second-order valence-corrected chi connectivity index (χ2v) is 4.93. The topological polar surface area (TPSA) is 38.3 Å². The maximum atomic E-state index is 12.2. The molecule has 0 radical (unpaired) electrons. The number of methoxy groups -OCH3 is 1. The van der Waals surface area contributed by atoms with E-state index in [1.807, 2.05) is 12.1 Å². The normalized spacial score (nSPS) is 22.8. The first-order chi connectivity index (χ1) is 8.76. The van der Waals surface area contributed by atoms with Crippen molar-refractivity contribution >= 4 is 17.5 Å². The van der Waals surface area contributed by atoms with Crippen LogP contribution in [0.15, 0.2) is 24.3 Å². The number of alkyl halides is 1. The molecule has 1 fully saturated rings. The molecule has 1 aliphatic carbocycles. The zero-order valence-electron chi connectivity index (χ0n) is 10.5. The van der Waals surface area contributed by atoms with E-state index in [1.165, 1.54) is 0 Å². The zero-order valence-corrected chi connectivity index (χ0v) is 11.2. The Kier molecular flexibility index (Phi) is 4.48. The number of hydrogen-bond acceptors (Lipinski definition) is 2. The van der Waals surface area contributed by atoms with Crippen LogP contribution in [0.3, 0.4) is 0 Å². The van der Waals surface area contributed by atoms with Gasteiger partial charge >= 0.3 is 0 Å². The van der Waals surface area contributed by atoms with Crippen molar-refractivity contribution in [3.63, 3.8) is 0 Å². The lowest BCUT2D eigenvalue weighted by Crippen LogP contribution is -2.38. The first-order valence-electron chi connectivity index (χ1n) is 6.26. The summed E-state index contributed by atoms with van der Waals surface area (Å²) in [7, 11) is 1.57. The third-order valence-corrected chi connectivity index (χ3v) is 3.92. The molecule has 0 bridgehead atoms. The van der Waals surface area contributed by atoms with Crippen molar-refractivity contribution < 1.29 is 9.53 Å². The Morgan fingerprint density at radius 1 is 1.44 bits per heavy atom. The zero-order chi connectivity index (χ0) is 13.0. The quantitative estimate of drug-likeness (QED) is 0.852. The number of halogens is 1. The Morgan fingerprint density at radius 3 is 2.94 bits per heavy atom. The lowest BCUT2D eigenvalue weighted by atomic mass is 10.1. The van der Waals surface area contributed by atoms with Crippen LogP contribution in [0.1, 0.15) is 29.6 Å². The van der Waals surface area contributed by atoms with Crippen LogP contribution in [-0.4, -0.2) is 24.9 Å². The molecule has 0 heterocycles. The van der Waals surface area contributed by atoms with Gasteiger partial charge in [-0.3, -0.25) is 4.79 Å².